The smallest absolute Gasteiger partial charge is 0.186 e. The average molecular weight is 231 g/mol. The SMILES string of the molecule is O=CC1CCCN(c2nc(Cl)cs2)C1. The highest BCUT2D eigenvalue weighted by molar-refractivity contribution is 7.14. The molecule has 1 aromatic heterocycles. The number of hydrogen-bond acceptors (Lipinski definition) is 4. The summed E-state index contributed by atoms with van der Waals surface area (Å²) in [5.74, 6) is 0.159. The Morgan fingerprint density at radius 2 is 2.57 bits per heavy atom. The molecule has 1 atom stereocenters. The predicted molar refractivity (Wildman–Crippen MR) is 58.1 cm³/mol. The molecule has 5 heteroatoms. The average Bonchev–Trinajstić information content (AvgIpc) is 2.65. The van der Waals surface area contributed by atoms with Gasteiger partial charge in [0.2, 0.25) is 0 Å². The van der Waals surface area contributed by atoms with Gasteiger partial charge in [-0.2, -0.15) is 0 Å². The lowest BCUT2D eigenvalue weighted by Crippen LogP contribution is -2.35. The highest BCUT2D eigenvalue weighted by Gasteiger charge is 2.21. The van der Waals surface area contributed by atoms with Gasteiger partial charge in [0.25, 0.3) is 0 Å². The molecule has 1 fully saturated rings. The van der Waals surface area contributed by atoms with E-state index in [1.54, 1.807) is 0 Å². The maximum Gasteiger partial charge on any atom is 0.186 e. The Kier molecular flexibility index (Phi) is 3.03. The van der Waals surface area contributed by atoms with Crippen LogP contribution in [0, 0.1) is 5.92 Å². The van der Waals surface area contributed by atoms with Gasteiger partial charge in [-0.1, -0.05) is 11.6 Å². The number of carbonyl (C=O) groups is 1. The molecule has 1 aliphatic heterocycles. The summed E-state index contributed by atoms with van der Waals surface area (Å²) in [6.45, 7) is 1.77. The fourth-order valence-electron chi connectivity index (χ4n) is 1.69. The van der Waals surface area contributed by atoms with Crippen LogP contribution in [0.1, 0.15) is 12.8 Å². The number of aldehydes is 1. The summed E-state index contributed by atoms with van der Waals surface area (Å²) in [4.78, 5) is 17.0. The molecule has 0 radical (unpaired) electrons. The van der Waals surface area contributed by atoms with Crippen LogP contribution in [0.3, 0.4) is 0 Å². The van der Waals surface area contributed by atoms with Crippen molar-refractivity contribution in [2.75, 3.05) is 18.0 Å². The molecule has 0 aromatic carbocycles. The summed E-state index contributed by atoms with van der Waals surface area (Å²) in [5, 5.41) is 3.29. The van der Waals surface area contributed by atoms with Crippen molar-refractivity contribution < 1.29 is 4.79 Å². The standard InChI is InChI=1S/C9H11ClN2OS/c10-8-6-14-9(11-8)12-3-1-2-7(4-12)5-13/h5-7H,1-4H2. The summed E-state index contributed by atoms with van der Waals surface area (Å²) < 4.78 is 0. The lowest BCUT2D eigenvalue weighted by atomic mass is 10.0. The van der Waals surface area contributed by atoms with Crippen LogP contribution in [-0.4, -0.2) is 24.4 Å². The van der Waals surface area contributed by atoms with Gasteiger partial charge < -0.3 is 9.69 Å². The minimum atomic E-state index is 0.159. The first kappa shape index (κ1) is 9.93. The van der Waals surface area contributed by atoms with Gasteiger partial charge in [-0.3, -0.25) is 0 Å². The molecule has 14 heavy (non-hydrogen) atoms. The molecule has 1 unspecified atom stereocenters. The van der Waals surface area contributed by atoms with Crippen LogP contribution in [0.25, 0.3) is 0 Å². The number of piperidine rings is 1. The minimum Gasteiger partial charge on any atom is -0.347 e. The summed E-state index contributed by atoms with van der Waals surface area (Å²) in [7, 11) is 0. The second-order valence-corrected chi connectivity index (χ2v) is 4.66. The molecular formula is C9H11ClN2OS. The van der Waals surface area contributed by atoms with Gasteiger partial charge in [-0.25, -0.2) is 4.98 Å². The van der Waals surface area contributed by atoms with Crippen LogP contribution in [0.15, 0.2) is 5.38 Å². The van der Waals surface area contributed by atoms with Gasteiger partial charge in [-0.05, 0) is 12.8 Å². The Morgan fingerprint density at radius 3 is 3.21 bits per heavy atom. The first-order valence-corrected chi connectivity index (χ1v) is 5.86. The maximum atomic E-state index is 10.7. The molecule has 2 heterocycles. The van der Waals surface area contributed by atoms with Crippen LogP contribution in [0.4, 0.5) is 5.13 Å². The van der Waals surface area contributed by atoms with E-state index in [0.29, 0.717) is 5.15 Å². The molecule has 1 aromatic rings. The summed E-state index contributed by atoms with van der Waals surface area (Å²) in [6, 6.07) is 0. The molecule has 0 spiro atoms. The van der Waals surface area contributed by atoms with Crippen LogP contribution >= 0.6 is 22.9 Å². The van der Waals surface area contributed by atoms with E-state index in [2.05, 4.69) is 9.88 Å². The first-order valence-electron chi connectivity index (χ1n) is 4.61. The van der Waals surface area contributed by atoms with Gasteiger partial charge in [0.1, 0.15) is 11.4 Å². The molecule has 0 bridgehead atoms. The van der Waals surface area contributed by atoms with Crippen molar-refractivity contribution in [1.29, 1.82) is 0 Å². The molecule has 0 N–H and O–H groups in total. The van der Waals surface area contributed by atoms with Crippen molar-refractivity contribution in [2.24, 2.45) is 5.92 Å². The summed E-state index contributed by atoms with van der Waals surface area (Å²) in [5.41, 5.74) is 0. The van der Waals surface area contributed by atoms with Crippen molar-refractivity contribution in [2.45, 2.75) is 12.8 Å². The van der Waals surface area contributed by atoms with Gasteiger partial charge in [0.15, 0.2) is 5.13 Å². The number of rotatable bonds is 2. The molecule has 1 saturated heterocycles. The predicted octanol–water partition coefficient (Wildman–Crippen LogP) is 2.21. The largest absolute Gasteiger partial charge is 0.347 e. The molecule has 76 valence electrons. The van der Waals surface area contributed by atoms with E-state index in [-0.39, 0.29) is 5.92 Å². The number of carbonyl (C=O) groups excluding carboxylic acids is 1. The number of thiazole rings is 1. The zero-order chi connectivity index (χ0) is 9.97. The monoisotopic (exact) mass is 230 g/mol. The Morgan fingerprint density at radius 1 is 1.71 bits per heavy atom. The van der Waals surface area contributed by atoms with E-state index >= 15 is 0 Å². The van der Waals surface area contributed by atoms with Crippen LogP contribution in [-0.2, 0) is 4.79 Å². The van der Waals surface area contributed by atoms with E-state index in [9.17, 15) is 4.79 Å². The number of halogens is 1. The minimum absolute atomic E-state index is 0.159. The third-order valence-electron chi connectivity index (χ3n) is 2.38. The fraction of sp³-hybridized carbons (Fsp3) is 0.556. The Hall–Kier alpha value is -0.610. The van der Waals surface area contributed by atoms with E-state index in [1.165, 1.54) is 11.3 Å². The van der Waals surface area contributed by atoms with Crippen molar-refractivity contribution >= 4 is 34.4 Å². The van der Waals surface area contributed by atoms with E-state index in [4.69, 9.17) is 11.6 Å². The third-order valence-corrected chi connectivity index (χ3v) is 3.61. The highest BCUT2D eigenvalue weighted by Crippen LogP contribution is 2.27. The van der Waals surface area contributed by atoms with Crippen molar-refractivity contribution in [3.63, 3.8) is 0 Å². The zero-order valence-electron chi connectivity index (χ0n) is 7.65. The Balaban J connectivity index is 2.07. The molecule has 0 amide bonds. The molecule has 0 saturated carbocycles. The second kappa shape index (κ2) is 4.28. The van der Waals surface area contributed by atoms with Crippen LogP contribution < -0.4 is 4.90 Å². The van der Waals surface area contributed by atoms with Crippen molar-refractivity contribution in [3.8, 4) is 0 Å². The quantitative estimate of drug-likeness (QED) is 0.731. The highest BCUT2D eigenvalue weighted by atomic mass is 35.5. The molecular weight excluding hydrogens is 220 g/mol. The molecule has 0 aliphatic carbocycles. The van der Waals surface area contributed by atoms with E-state index in [0.717, 1.165) is 37.3 Å². The number of aromatic nitrogens is 1. The number of nitrogens with zero attached hydrogens (tertiary/aromatic N) is 2. The topological polar surface area (TPSA) is 33.2 Å². The lowest BCUT2D eigenvalue weighted by Gasteiger charge is -2.29. The van der Waals surface area contributed by atoms with E-state index in [1.807, 2.05) is 5.38 Å². The van der Waals surface area contributed by atoms with Crippen LogP contribution in [0.5, 0.6) is 0 Å². The fourth-order valence-corrected chi connectivity index (χ4v) is 2.67. The summed E-state index contributed by atoms with van der Waals surface area (Å²) in [6.07, 6.45) is 3.10. The van der Waals surface area contributed by atoms with Gasteiger partial charge >= 0.3 is 0 Å². The van der Waals surface area contributed by atoms with Gasteiger partial charge in [0, 0.05) is 24.4 Å². The summed E-state index contributed by atoms with van der Waals surface area (Å²) >= 11 is 7.29. The van der Waals surface area contributed by atoms with Gasteiger partial charge in [-0.15, -0.1) is 11.3 Å². The van der Waals surface area contributed by atoms with E-state index < -0.39 is 0 Å². The van der Waals surface area contributed by atoms with Crippen molar-refractivity contribution in [1.82, 2.24) is 4.98 Å². The molecule has 3 nitrogen and oxygen atoms in total. The number of anilines is 1. The molecule has 1 aliphatic rings. The van der Waals surface area contributed by atoms with Crippen LogP contribution in [0.2, 0.25) is 5.15 Å². The number of hydrogen-bond donors (Lipinski definition) is 0. The zero-order valence-corrected chi connectivity index (χ0v) is 9.22. The third kappa shape index (κ3) is 2.07. The van der Waals surface area contributed by atoms with Crippen molar-refractivity contribution in [3.05, 3.63) is 10.5 Å². The normalized spacial score (nSPS) is 22.4. The Labute approximate surface area is 91.7 Å². The molecule has 2 rings (SSSR count). The maximum absolute atomic E-state index is 10.7. The second-order valence-electron chi connectivity index (χ2n) is 3.44. The van der Waals surface area contributed by atoms with Gasteiger partial charge in [0.05, 0.1) is 0 Å². The first-order chi connectivity index (χ1) is 6.79. The Bertz CT molecular complexity index is 328. The lowest BCUT2D eigenvalue weighted by molar-refractivity contribution is -0.111.